The standard InChI is InChI=1S/C16H22ClN3O2.ClH/c1-11(15(22)20-8-7-16(2,9-18)10-20)19-14(21)12-3-5-13(17)6-4-12;/h3-6,11H,7-10,18H2,1-2H3,(H,19,21);1H. The van der Waals surface area contributed by atoms with Crippen LogP contribution in [-0.2, 0) is 4.79 Å². The van der Waals surface area contributed by atoms with Gasteiger partial charge in [-0.3, -0.25) is 9.59 Å². The van der Waals surface area contributed by atoms with Crippen LogP contribution >= 0.6 is 24.0 Å². The van der Waals surface area contributed by atoms with Crippen LogP contribution in [0.3, 0.4) is 0 Å². The maximum absolute atomic E-state index is 12.4. The van der Waals surface area contributed by atoms with E-state index in [1.807, 2.05) is 0 Å². The molecule has 2 unspecified atom stereocenters. The van der Waals surface area contributed by atoms with Crippen molar-refractivity contribution in [1.29, 1.82) is 0 Å². The van der Waals surface area contributed by atoms with Crippen LogP contribution in [-0.4, -0.2) is 42.4 Å². The molecule has 128 valence electrons. The number of hydrogen-bond donors (Lipinski definition) is 2. The van der Waals surface area contributed by atoms with Crippen molar-refractivity contribution < 1.29 is 9.59 Å². The molecule has 0 saturated carbocycles. The fourth-order valence-corrected chi connectivity index (χ4v) is 2.72. The highest BCUT2D eigenvalue weighted by Crippen LogP contribution is 2.28. The third-order valence-corrected chi connectivity index (χ3v) is 4.44. The highest BCUT2D eigenvalue weighted by atomic mass is 35.5. The fourth-order valence-electron chi connectivity index (χ4n) is 2.60. The second kappa shape index (κ2) is 7.99. The van der Waals surface area contributed by atoms with Gasteiger partial charge in [0, 0.05) is 23.7 Å². The van der Waals surface area contributed by atoms with Crippen LogP contribution in [0.4, 0.5) is 0 Å². The van der Waals surface area contributed by atoms with Gasteiger partial charge in [0.05, 0.1) is 0 Å². The molecule has 7 heteroatoms. The van der Waals surface area contributed by atoms with Gasteiger partial charge < -0.3 is 16.0 Å². The zero-order chi connectivity index (χ0) is 16.3. The number of carbonyl (C=O) groups is 2. The summed E-state index contributed by atoms with van der Waals surface area (Å²) >= 11 is 5.80. The van der Waals surface area contributed by atoms with E-state index < -0.39 is 6.04 Å². The molecule has 1 aliphatic heterocycles. The Balaban J connectivity index is 0.00000264. The van der Waals surface area contributed by atoms with Gasteiger partial charge in [0.2, 0.25) is 5.91 Å². The fraction of sp³-hybridized carbons (Fsp3) is 0.500. The lowest BCUT2D eigenvalue weighted by Gasteiger charge is -2.25. The predicted octanol–water partition coefficient (Wildman–Crippen LogP) is 2.08. The van der Waals surface area contributed by atoms with Crippen molar-refractivity contribution in [1.82, 2.24) is 10.2 Å². The minimum absolute atomic E-state index is 0. The molecule has 2 atom stereocenters. The molecule has 0 aliphatic carbocycles. The Hall–Kier alpha value is -1.30. The average Bonchev–Trinajstić information content (AvgIpc) is 2.90. The molecule has 1 saturated heterocycles. The SMILES string of the molecule is CC(NC(=O)c1ccc(Cl)cc1)C(=O)N1CCC(C)(CN)C1.Cl. The number of nitrogens with two attached hydrogens (primary N) is 1. The number of nitrogens with one attached hydrogen (secondary N) is 1. The quantitative estimate of drug-likeness (QED) is 0.863. The second-order valence-corrected chi connectivity index (χ2v) is 6.66. The summed E-state index contributed by atoms with van der Waals surface area (Å²) in [6.45, 7) is 5.67. The number of nitrogens with zero attached hydrogens (tertiary/aromatic N) is 1. The van der Waals surface area contributed by atoms with Crippen LogP contribution in [0.2, 0.25) is 5.02 Å². The van der Waals surface area contributed by atoms with Crippen LogP contribution < -0.4 is 11.1 Å². The highest BCUT2D eigenvalue weighted by Gasteiger charge is 2.36. The third-order valence-electron chi connectivity index (χ3n) is 4.19. The monoisotopic (exact) mass is 359 g/mol. The summed E-state index contributed by atoms with van der Waals surface area (Å²) in [4.78, 5) is 26.3. The molecule has 0 bridgehead atoms. The first-order valence-corrected chi connectivity index (χ1v) is 7.78. The topological polar surface area (TPSA) is 75.4 Å². The molecule has 5 nitrogen and oxygen atoms in total. The summed E-state index contributed by atoms with van der Waals surface area (Å²) in [5.41, 5.74) is 6.22. The first-order valence-electron chi connectivity index (χ1n) is 7.40. The van der Waals surface area contributed by atoms with E-state index in [4.69, 9.17) is 17.3 Å². The smallest absolute Gasteiger partial charge is 0.251 e. The summed E-state index contributed by atoms with van der Waals surface area (Å²) in [5, 5.41) is 3.30. The lowest BCUT2D eigenvalue weighted by molar-refractivity contribution is -0.132. The van der Waals surface area contributed by atoms with E-state index in [1.165, 1.54) is 0 Å². The van der Waals surface area contributed by atoms with Gasteiger partial charge in [-0.1, -0.05) is 18.5 Å². The minimum Gasteiger partial charge on any atom is -0.341 e. The number of hydrogen-bond acceptors (Lipinski definition) is 3. The van der Waals surface area contributed by atoms with Crippen molar-refractivity contribution in [2.45, 2.75) is 26.3 Å². The van der Waals surface area contributed by atoms with Gasteiger partial charge >= 0.3 is 0 Å². The molecule has 0 spiro atoms. The first-order chi connectivity index (χ1) is 10.3. The van der Waals surface area contributed by atoms with E-state index in [9.17, 15) is 9.59 Å². The van der Waals surface area contributed by atoms with Gasteiger partial charge in [-0.15, -0.1) is 12.4 Å². The van der Waals surface area contributed by atoms with Crippen molar-refractivity contribution in [3.63, 3.8) is 0 Å². The Bertz CT molecular complexity index is 565. The molecule has 0 radical (unpaired) electrons. The molecule has 1 aromatic carbocycles. The lowest BCUT2D eigenvalue weighted by atomic mass is 9.90. The van der Waals surface area contributed by atoms with Crippen LogP contribution in [0.25, 0.3) is 0 Å². The van der Waals surface area contributed by atoms with Gasteiger partial charge in [-0.05, 0) is 49.6 Å². The molecule has 23 heavy (non-hydrogen) atoms. The Morgan fingerprint density at radius 3 is 2.52 bits per heavy atom. The second-order valence-electron chi connectivity index (χ2n) is 6.23. The number of likely N-dealkylation sites (tertiary alicyclic amines) is 1. The van der Waals surface area contributed by atoms with E-state index >= 15 is 0 Å². The maximum Gasteiger partial charge on any atom is 0.251 e. The summed E-state index contributed by atoms with van der Waals surface area (Å²) in [6, 6.07) is 6.00. The Morgan fingerprint density at radius 2 is 2.00 bits per heavy atom. The Morgan fingerprint density at radius 1 is 1.39 bits per heavy atom. The molecule has 2 amide bonds. The van der Waals surface area contributed by atoms with Crippen molar-refractivity contribution in [2.75, 3.05) is 19.6 Å². The summed E-state index contributed by atoms with van der Waals surface area (Å²) in [6.07, 6.45) is 0.896. The molecular weight excluding hydrogens is 337 g/mol. The van der Waals surface area contributed by atoms with Crippen LogP contribution in [0.5, 0.6) is 0 Å². The third kappa shape index (κ3) is 4.83. The van der Waals surface area contributed by atoms with Crippen molar-refractivity contribution in [3.05, 3.63) is 34.9 Å². The molecule has 3 N–H and O–H groups in total. The molecule has 1 aliphatic rings. The van der Waals surface area contributed by atoms with Gasteiger partial charge in [0.1, 0.15) is 6.04 Å². The summed E-state index contributed by atoms with van der Waals surface area (Å²) in [7, 11) is 0. The van der Waals surface area contributed by atoms with Crippen molar-refractivity contribution in [2.24, 2.45) is 11.1 Å². The molecule has 2 rings (SSSR count). The lowest BCUT2D eigenvalue weighted by Crippen LogP contribution is -2.47. The van der Waals surface area contributed by atoms with Crippen LogP contribution in [0, 0.1) is 5.41 Å². The summed E-state index contributed by atoms with van der Waals surface area (Å²) in [5.74, 6) is -0.349. The highest BCUT2D eigenvalue weighted by molar-refractivity contribution is 6.30. The van der Waals surface area contributed by atoms with Crippen LogP contribution in [0.15, 0.2) is 24.3 Å². The molecular formula is C16H23Cl2N3O2. The van der Waals surface area contributed by atoms with E-state index in [1.54, 1.807) is 36.1 Å². The van der Waals surface area contributed by atoms with Crippen molar-refractivity contribution in [3.8, 4) is 0 Å². The largest absolute Gasteiger partial charge is 0.341 e. The molecule has 1 fully saturated rings. The average molecular weight is 360 g/mol. The molecule has 0 aromatic heterocycles. The van der Waals surface area contributed by atoms with Gasteiger partial charge in [-0.2, -0.15) is 0 Å². The van der Waals surface area contributed by atoms with Crippen molar-refractivity contribution >= 4 is 35.8 Å². The summed E-state index contributed by atoms with van der Waals surface area (Å²) < 4.78 is 0. The van der Waals surface area contributed by atoms with E-state index in [0.717, 1.165) is 6.42 Å². The number of rotatable bonds is 4. The molecule has 1 heterocycles. The zero-order valence-electron chi connectivity index (χ0n) is 13.3. The number of benzene rings is 1. The number of amides is 2. The normalized spacial score (nSPS) is 21.5. The first kappa shape index (κ1) is 19.7. The van der Waals surface area contributed by atoms with E-state index in [0.29, 0.717) is 30.2 Å². The minimum atomic E-state index is -0.566. The zero-order valence-corrected chi connectivity index (χ0v) is 14.9. The Labute approximate surface area is 148 Å². The van der Waals surface area contributed by atoms with Crippen LogP contribution in [0.1, 0.15) is 30.6 Å². The van der Waals surface area contributed by atoms with Gasteiger partial charge in [-0.25, -0.2) is 0 Å². The number of carbonyl (C=O) groups excluding carboxylic acids is 2. The van der Waals surface area contributed by atoms with E-state index in [-0.39, 0.29) is 29.6 Å². The predicted molar refractivity (Wildman–Crippen MR) is 94.0 cm³/mol. The van der Waals surface area contributed by atoms with E-state index in [2.05, 4.69) is 12.2 Å². The Kier molecular flexibility index (Phi) is 6.86. The number of halogens is 2. The van der Waals surface area contributed by atoms with Gasteiger partial charge in [0.15, 0.2) is 0 Å². The molecule has 1 aromatic rings. The maximum atomic E-state index is 12.4. The van der Waals surface area contributed by atoms with Gasteiger partial charge in [0.25, 0.3) is 5.91 Å².